The van der Waals surface area contributed by atoms with Crippen LogP contribution in [0.3, 0.4) is 0 Å². The number of amides is 2. The molecule has 1 aromatic rings. The summed E-state index contributed by atoms with van der Waals surface area (Å²) in [5, 5.41) is 2.60. The number of nitrogens with one attached hydrogen (secondary N) is 1. The lowest BCUT2D eigenvalue weighted by Crippen LogP contribution is -2.57. The van der Waals surface area contributed by atoms with Crippen molar-refractivity contribution >= 4 is 11.8 Å². The lowest BCUT2D eigenvalue weighted by Gasteiger charge is -2.42. The Morgan fingerprint density at radius 3 is 2.80 bits per heavy atom. The molecule has 7 heteroatoms. The molecule has 1 aromatic carbocycles. The summed E-state index contributed by atoms with van der Waals surface area (Å²) >= 11 is 0. The van der Waals surface area contributed by atoms with E-state index in [0.29, 0.717) is 31.9 Å². The van der Waals surface area contributed by atoms with Gasteiger partial charge in [-0.25, -0.2) is 0 Å². The lowest BCUT2D eigenvalue weighted by atomic mass is 9.96. The minimum absolute atomic E-state index is 0.0846. The second-order valence-corrected chi connectivity index (χ2v) is 6.17. The van der Waals surface area contributed by atoms with Crippen LogP contribution in [-0.4, -0.2) is 69.9 Å². The lowest BCUT2D eigenvalue weighted by molar-refractivity contribution is -0.150. The van der Waals surface area contributed by atoms with E-state index in [2.05, 4.69) is 5.32 Å². The Morgan fingerprint density at radius 2 is 2.12 bits per heavy atom. The first kappa shape index (κ1) is 19.4. The van der Waals surface area contributed by atoms with Crippen LogP contribution in [0.1, 0.15) is 22.3 Å². The van der Waals surface area contributed by atoms with Crippen LogP contribution in [-0.2, 0) is 25.6 Å². The summed E-state index contributed by atoms with van der Waals surface area (Å²) in [7, 11) is 4.76. The molecule has 2 rings (SSSR count). The Kier molecular flexibility index (Phi) is 6.92. The summed E-state index contributed by atoms with van der Waals surface area (Å²) in [6.07, 6.45) is 0.144. The van der Waals surface area contributed by atoms with Crippen LogP contribution >= 0.6 is 0 Å². The van der Waals surface area contributed by atoms with Crippen LogP contribution in [0.25, 0.3) is 0 Å². The Labute approximate surface area is 148 Å². The van der Waals surface area contributed by atoms with E-state index in [4.69, 9.17) is 14.2 Å². The highest BCUT2D eigenvalue weighted by Gasteiger charge is 2.40. The normalized spacial score (nSPS) is 20.4. The molecule has 0 bridgehead atoms. The minimum Gasteiger partial charge on any atom is -0.382 e. The average Bonchev–Trinajstić information content (AvgIpc) is 2.62. The van der Waals surface area contributed by atoms with E-state index in [0.717, 1.165) is 5.56 Å². The molecular weight excluding hydrogens is 324 g/mol. The van der Waals surface area contributed by atoms with Gasteiger partial charge >= 0.3 is 0 Å². The van der Waals surface area contributed by atoms with Crippen LogP contribution in [0, 0.1) is 0 Å². The molecule has 2 amide bonds. The predicted molar refractivity (Wildman–Crippen MR) is 92.3 cm³/mol. The third kappa shape index (κ3) is 5.01. The van der Waals surface area contributed by atoms with Gasteiger partial charge in [0.05, 0.1) is 32.8 Å². The number of carbonyl (C=O) groups excluding carboxylic acids is 2. The van der Waals surface area contributed by atoms with Gasteiger partial charge in [-0.1, -0.05) is 12.1 Å². The fourth-order valence-corrected chi connectivity index (χ4v) is 3.05. The largest absolute Gasteiger partial charge is 0.382 e. The molecule has 1 N–H and O–H groups in total. The smallest absolute Gasteiger partial charge is 0.254 e. The molecule has 138 valence electrons. The summed E-state index contributed by atoms with van der Waals surface area (Å²) in [5.41, 5.74) is 0.713. The van der Waals surface area contributed by atoms with Gasteiger partial charge in [0.25, 0.3) is 5.91 Å². The van der Waals surface area contributed by atoms with E-state index >= 15 is 0 Å². The Bertz CT molecular complexity index is 603. The Balaban J connectivity index is 2.16. The molecule has 1 atom stereocenters. The number of carbonyl (C=O) groups is 2. The molecule has 0 saturated carbocycles. The second-order valence-electron chi connectivity index (χ2n) is 6.17. The Hall–Kier alpha value is -1.96. The van der Waals surface area contributed by atoms with Crippen molar-refractivity contribution in [2.45, 2.75) is 18.6 Å². The van der Waals surface area contributed by atoms with Gasteiger partial charge in [-0.2, -0.15) is 0 Å². The first-order valence-corrected chi connectivity index (χ1v) is 8.24. The molecule has 1 unspecified atom stereocenters. The van der Waals surface area contributed by atoms with E-state index in [-0.39, 0.29) is 24.8 Å². The topological polar surface area (TPSA) is 77.1 Å². The van der Waals surface area contributed by atoms with Crippen LogP contribution in [0.2, 0.25) is 0 Å². The van der Waals surface area contributed by atoms with Crippen LogP contribution in [0.4, 0.5) is 0 Å². The van der Waals surface area contributed by atoms with Crippen LogP contribution in [0.15, 0.2) is 24.3 Å². The third-order valence-corrected chi connectivity index (χ3v) is 4.19. The van der Waals surface area contributed by atoms with Gasteiger partial charge in [0.15, 0.2) is 0 Å². The highest BCUT2D eigenvalue weighted by molar-refractivity contribution is 5.94. The molecule has 0 radical (unpaired) electrons. The zero-order valence-corrected chi connectivity index (χ0v) is 15.0. The summed E-state index contributed by atoms with van der Waals surface area (Å²) in [5.74, 6) is -0.230. The van der Waals surface area contributed by atoms with E-state index in [1.807, 2.05) is 18.2 Å². The van der Waals surface area contributed by atoms with Crippen molar-refractivity contribution in [2.75, 3.05) is 47.6 Å². The van der Waals surface area contributed by atoms with Gasteiger partial charge in [0, 0.05) is 33.4 Å². The minimum atomic E-state index is -0.826. The maximum atomic E-state index is 12.9. The van der Waals surface area contributed by atoms with E-state index in [1.54, 1.807) is 32.2 Å². The Morgan fingerprint density at radius 1 is 1.32 bits per heavy atom. The van der Waals surface area contributed by atoms with Gasteiger partial charge in [0.1, 0.15) is 5.60 Å². The maximum Gasteiger partial charge on any atom is 0.254 e. The molecule has 1 heterocycles. The standard InChI is InChI=1S/C18H26N2O5/c1-19-16(21)10-18(13-24-3)12-20(7-8-25-18)17(22)15-6-4-5-14(9-15)11-23-2/h4-6,9H,7-8,10-13H2,1-3H3,(H,19,21). The number of rotatable bonds is 7. The zero-order valence-electron chi connectivity index (χ0n) is 15.0. The van der Waals surface area contributed by atoms with Gasteiger partial charge in [-0.3, -0.25) is 9.59 Å². The van der Waals surface area contributed by atoms with Crippen molar-refractivity contribution in [1.29, 1.82) is 0 Å². The first-order valence-electron chi connectivity index (χ1n) is 8.24. The number of methoxy groups -OCH3 is 2. The van der Waals surface area contributed by atoms with Crippen LogP contribution in [0.5, 0.6) is 0 Å². The van der Waals surface area contributed by atoms with Crippen molar-refractivity contribution in [1.82, 2.24) is 10.2 Å². The van der Waals surface area contributed by atoms with Crippen molar-refractivity contribution < 1.29 is 23.8 Å². The second kappa shape index (κ2) is 8.94. The highest BCUT2D eigenvalue weighted by atomic mass is 16.5. The fourth-order valence-electron chi connectivity index (χ4n) is 3.05. The molecule has 0 aliphatic carbocycles. The molecule has 1 aliphatic rings. The van der Waals surface area contributed by atoms with Gasteiger partial charge in [-0.15, -0.1) is 0 Å². The molecule has 1 fully saturated rings. The first-order chi connectivity index (χ1) is 12.0. The molecule has 1 aliphatic heterocycles. The molecular formula is C18H26N2O5. The monoisotopic (exact) mass is 350 g/mol. The average molecular weight is 350 g/mol. The summed E-state index contributed by atoms with van der Waals surface area (Å²) in [6, 6.07) is 7.38. The molecule has 0 aromatic heterocycles. The van der Waals surface area contributed by atoms with E-state index in [9.17, 15) is 9.59 Å². The number of morpholine rings is 1. The molecule has 25 heavy (non-hydrogen) atoms. The molecule has 1 saturated heterocycles. The van der Waals surface area contributed by atoms with Crippen LogP contribution < -0.4 is 5.32 Å². The highest BCUT2D eigenvalue weighted by Crippen LogP contribution is 2.24. The number of hydrogen-bond acceptors (Lipinski definition) is 5. The maximum absolute atomic E-state index is 12.9. The SMILES string of the molecule is CNC(=O)CC1(COC)CN(C(=O)c2cccc(COC)c2)CCO1. The van der Waals surface area contributed by atoms with Crippen molar-refractivity contribution in [2.24, 2.45) is 0 Å². The summed E-state index contributed by atoms with van der Waals surface area (Å²) in [6.45, 7) is 1.85. The van der Waals surface area contributed by atoms with Gasteiger partial charge in [0.2, 0.25) is 5.91 Å². The predicted octanol–water partition coefficient (Wildman–Crippen LogP) is 0.827. The van der Waals surface area contributed by atoms with E-state index in [1.165, 1.54) is 0 Å². The summed E-state index contributed by atoms with van der Waals surface area (Å²) in [4.78, 5) is 26.5. The number of nitrogens with zero attached hydrogens (tertiary/aromatic N) is 1. The number of hydrogen-bond donors (Lipinski definition) is 1. The van der Waals surface area contributed by atoms with Gasteiger partial charge < -0.3 is 24.4 Å². The number of benzene rings is 1. The zero-order chi connectivity index (χ0) is 18.3. The third-order valence-electron chi connectivity index (χ3n) is 4.19. The van der Waals surface area contributed by atoms with Crippen molar-refractivity contribution in [3.05, 3.63) is 35.4 Å². The van der Waals surface area contributed by atoms with Crippen molar-refractivity contribution in [3.8, 4) is 0 Å². The quantitative estimate of drug-likeness (QED) is 0.788. The summed E-state index contributed by atoms with van der Waals surface area (Å²) < 4.78 is 16.2. The molecule has 7 nitrogen and oxygen atoms in total. The molecule has 0 spiro atoms. The fraction of sp³-hybridized carbons (Fsp3) is 0.556. The van der Waals surface area contributed by atoms with E-state index < -0.39 is 5.60 Å². The van der Waals surface area contributed by atoms with Gasteiger partial charge in [-0.05, 0) is 17.7 Å². The number of ether oxygens (including phenoxy) is 3. The van der Waals surface area contributed by atoms with Crippen molar-refractivity contribution in [3.63, 3.8) is 0 Å².